The SMILES string of the molecule is CCC(C)CC(C)NCC(O)(CC)CC. The van der Waals surface area contributed by atoms with Crippen molar-refractivity contribution in [2.24, 2.45) is 5.92 Å². The van der Waals surface area contributed by atoms with Gasteiger partial charge in [0.15, 0.2) is 0 Å². The number of rotatable bonds is 8. The van der Waals surface area contributed by atoms with Gasteiger partial charge in [0.2, 0.25) is 0 Å². The lowest BCUT2D eigenvalue weighted by molar-refractivity contribution is 0.0297. The lowest BCUT2D eigenvalue weighted by atomic mass is 9.95. The van der Waals surface area contributed by atoms with E-state index in [1.165, 1.54) is 12.8 Å². The van der Waals surface area contributed by atoms with Crippen molar-refractivity contribution in [2.45, 2.75) is 71.9 Å². The second-order valence-corrected chi connectivity index (χ2v) is 4.96. The number of aliphatic hydroxyl groups is 1. The summed E-state index contributed by atoms with van der Waals surface area (Å²) in [5.41, 5.74) is -0.510. The molecule has 2 heteroatoms. The van der Waals surface area contributed by atoms with Crippen molar-refractivity contribution < 1.29 is 5.11 Å². The topological polar surface area (TPSA) is 32.3 Å². The van der Waals surface area contributed by atoms with Crippen molar-refractivity contribution in [2.75, 3.05) is 6.54 Å². The summed E-state index contributed by atoms with van der Waals surface area (Å²) >= 11 is 0. The molecule has 2 unspecified atom stereocenters. The molecule has 0 aromatic heterocycles. The molecule has 0 fully saturated rings. The summed E-state index contributed by atoms with van der Waals surface area (Å²) in [4.78, 5) is 0. The van der Waals surface area contributed by atoms with Gasteiger partial charge in [0.25, 0.3) is 0 Å². The maximum absolute atomic E-state index is 10.1. The second kappa shape index (κ2) is 7.24. The average molecular weight is 215 g/mol. The first-order chi connectivity index (χ1) is 6.97. The van der Waals surface area contributed by atoms with E-state index >= 15 is 0 Å². The summed E-state index contributed by atoms with van der Waals surface area (Å²) in [5.74, 6) is 0.767. The predicted molar refractivity (Wildman–Crippen MR) is 67.1 cm³/mol. The van der Waals surface area contributed by atoms with Crippen LogP contribution in [0.25, 0.3) is 0 Å². The molecule has 0 radical (unpaired) electrons. The van der Waals surface area contributed by atoms with Gasteiger partial charge in [0.1, 0.15) is 0 Å². The van der Waals surface area contributed by atoms with Gasteiger partial charge in [-0.25, -0.2) is 0 Å². The Kier molecular flexibility index (Phi) is 7.20. The first-order valence-corrected chi connectivity index (χ1v) is 6.43. The van der Waals surface area contributed by atoms with Gasteiger partial charge in [-0.15, -0.1) is 0 Å². The maximum Gasteiger partial charge on any atom is 0.0766 e. The Hall–Kier alpha value is -0.0800. The van der Waals surface area contributed by atoms with E-state index in [9.17, 15) is 5.11 Å². The highest BCUT2D eigenvalue weighted by molar-refractivity contribution is 4.79. The highest BCUT2D eigenvalue weighted by atomic mass is 16.3. The van der Waals surface area contributed by atoms with Gasteiger partial charge in [-0.2, -0.15) is 0 Å². The molecule has 2 N–H and O–H groups in total. The monoisotopic (exact) mass is 215 g/mol. The van der Waals surface area contributed by atoms with E-state index in [1.807, 2.05) is 13.8 Å². The van der Waals surface area contributed by atoms with E-state index in [4.69, 9.17) is 0 Å². The molecule has 0 saturated heterocycles. The molecule has 0 spiro atoms. The van der Waals surface area contributed by atoms with E-state index < -0.39 is 5.60 Å². The minimum absolute atomic E-state index is 0.504. The summed E-state index contributed by atoms with van der Waals surface area (Å²) in [5, 5.41) is 13.5. The smallest absolute Gasteiger partial charge is 0.0766 e. The minimum atomic E-state index is -0.510. The fourth-order valence-electron chi connectivity index (χ4n) is 1.72. The van der Waals surface area contributed by atoms with Gasteiger partial charge < -0.3 is 10.4 Å². The van der Waals surface area contributed by atoms with Crippen LogP contribution in [0.2, 0.25) is 0 Å². The molecule has 92 valence electrons. The molecule has 0 heterocycles. The molecule has 0 rings (SSSR count). The van der Waals surface area contributed by atoms with Crippen LogP contribution >= 0.6 is 0 Å². The zero-order valence-electron chi connectivity index (χ0n) is 11.1. The fourth-order valence-corrected chi connectivity index (χ4v) is 1.72. The Morgan fingerprint density at radius 1 is 1.13 bits per heavy atom. The molecule has 0 aliphatic carbocycles. The zero-order valence-corrected chi connectivity index (χ0v) is 11.1. The molecule has 0 aliphatic heterocycles. The Balaban J connectivity index is 3.83. The third kappa shape index (κ3) is 6.16. The molecule has 0 bridgehead atoms. The lowest BCUT2D eigenvalue weighted by Crippen LogP contribution is -2.43. The van der Waals surface area contributed by atoms with Gasteiger partial charge in [-0.05, 0) is 32.1 Å². The van der Waals surface area contributed by atoms with E-state index in [2.05, 4.69) is 26.1 Å². The molecule has 15 heavy (non-hydrogen) atoms. The van der Waals surface area contributed by atoms with Crippen molar-refractivity contribution in [3.05, 3.63) is 0 Å². The van der Waals surface area contributed by atoms with Crippen LogP contribution in [-0.2, 0) is 0 Å². The Bertz CT molecular complexity index is 155. The molecule has 0 amide bonds. The Labute approximate surface area is 95.5 Å². The van der Waals surface area contributed by atoms with Gasteiger partial charge in [-0.1, -0.05) is 34.1 Å². The van der Waals surface area contributed by atoms with Crippen LogP contribution < -0.4 is 5.32 Å². The van der Waals surface area contributed by atoms with Crippen molar-refractivity contribution in [1.82, 2.24) is 5.32 Å². The molecule has 0 aliphatic rings. The van der Waals surface area contributed by atoms with Crippen LogP contribution in [0.3, 0.4) is 0 Å². The van der Waals surface area contributed by atoms with E-state index in [0.717, 1.165) is 25.3 Å². The summed E-state index contributed by atoms with van der Waals surface area (Å²) in [7, 11) is 0. The van der Waals surface area contributed by atoms with Crippen molar-refractivity contribution in [1.29, 1.82) is 0 Å². The van der Waals surface area contributed by atoms with Gasteiger partial charge >= 0.3 is 0 Å². The van der Waals surface area contributed by atoms with E-state index in [-0.39, 0.29) is 0 Å². The van der Waals surface area contributed by atoms with Crippen LogP contribution in [0.15, 0.2) is 0 Å². The molecule has 2 atom stereocenters. The minimum Gasteiger partial charge on any atom is -0.389 e. The molecular formula is C13H29NO. The summed E-state index contributed by atoms with van der Waals surface area (Å²) in [6.07, 6.45) is 4.08. The first-order valence-electron chi connectivity index (χ1n) is 6.43. The Morgan fingerprint density at radius 3 is 2.07 bits per heavy atom. The third-order valence-electron chi connectivity index (χ3n) is 3.55. The molecular weight excluding hydrogens is 186 g/mol. The fraction of sp³-hybridized carbons (Fsp3) is 1.00. The Morgan fingerprint density at radius 2 is 1.67 bits per heavy atom. The predicted octanol–water partition coefficient (Wildman–Crippen LogP) is 2.95. The molecule has 0 aromatic carbocycles. The highest BCUT2D eigenvalue weighted by Gasteiger charge is 2.22. The normalized spacial score (nSPS) is 16.4. The summed E-state index contributed by atoms with van der Waals surface area (Å²) in [6, 6.07) is 0.504. The highest BCUT2D eigenvalue weighted by Crippen LogP contribution is 2.15. The quantitative estimate of drug-likeness (QED) is 0.652. The van der Waals surface area contributed by atoms with Crippen LogP contribution in [0.4, 0.5) is 0 Å². The molecule has 0 saturated carbocycles. The maximum atomic E-state index is 10.1. The largest absolute Gasteiger partial charge is 0.389 e. The van der Waals surface area contributed by atoms with Crippen LogP contribution in [0.5, 0.6) is 0 Å². The number of hydrogen-bond acceptors (Lipinski definition) is 2. The average Bonchev–Trinajstić information content (AvgIpc) is 2.25. The summed E-state index contributed by atoms with van der Waals surface area (Å²) < 4.78 is 0. The third-order valence-corrected chi connectivity index (χ3v) is 3.55. The molecule has 0 aromatic rings. The second-order valence-electron chi connectivity index (χ2n) is 4.96. The first kappa shape index (κ1) is 14.9. The van der Waals surface area contributed by atoms with Crippen molar-refractivity contribution in [3.8, 4) is 0 Å². The van der Waals surface area contributed by atoms with Gasteiger partial charge in [0, 0.05) is 12.6 Å². The van der Waals surface area contributed by atoms with E-state index in [0.29, 0.717) is 6.04 Å². The van der Waals surface area contributed by atoms with Gasteiger partial charge in [-0.3, -0.25) is 0 Å². The van der Waals surface area contributed by atoms with Crippen LogP contribution in [-0.4, -0.2) is 23.3 Å². The zero-order chi connectivity index (χ0) is 11.9. The lowest BCUT2D eigenvalue weighted by Gasteiger charge is -2.28. The van der Waals surface area contributed by atoms with Crippen LogP contribution in [0.1, 0.15) is 60.3 Å². The van der Waals surface area contributed by atoms with E-state index in [1.54, 1.807) is 0 Å². The van der Waals surface area contributed by atoms with Gasteiger partial charge in [0.05, 0.1) is 5.60 Å². The summed E-state index contributed by atoms with van der Waals surface area (Å²) in [6.45, 7) is 11.5. The van der Waals surface area contributed by atoms with Crippen LogP contribution in [0, 0.1) is 5.92 Å². The number of hydrogen-bond donors (Lipinski definition) is 2. The molecule has 2 nitrogen and oxygen atoms in total. The van der Waals surface area contributed by atoms with Crippen molar-refractivity contribution >= 4 is 0 Å². The van der Waals surface area contributed by atoms with Crippen molar-refractivity contribution in [3.63, 3.8) is 0 Å². The number of nitrogens with one attached hydrogen (secondary N) is 1. The standard InChI is InChI=1S/C13H29NO/c1-6-11(4)9-12(5)14-10-13(15,7-2)8-3/h11-12,14-15H,6-10H2,1-5H3.